The average molecular weight is 422 g/mol. The molecule has 2 aliphatic heterocycles. The molecule has 1 aromatic heterocycles. The van der Waals surface area contributed by atoms with Gasteiger partial charge in [0.05, 0.1) is 27.8 Å². The Morgan fingerprint density at radius 2 is 2.04 bits per heavy atom. The number of carbonyl (C=O) groups excluding carboxylic acids is 2. The molecule has 1 aromatic carbocycles. The molecular formula is C19H20ClN3O2S2. The van der Waals surface area contributed by atoms with Crippen LogP contribution in [0.2, 0.25) is 5.02 Å². The van der Waals surface area contributed by atoms with Gasteiger partial charge in [0.2, 0.25) is 11.8 Å². The van der Waals surface area contributed by atoms with Gasteiger partial charge in [-0.25, -0.2) is 4.98 Å². The van der Waals surface area contributed by atoms with Gasteiger partial charge in [-0.2, -0.15) is 0 Å². The number of thioether (sulfide) groups is 1. The summed E-state index contributed by atoms with van der Waals surface area (Å²) in [6.07, 6.45) is 1.96. The number of hydrogen-bond donors (Lipinski definition) is 0. The molecule has 2 aromatic rings. The second-order valence-electron chi connectivity index (χ2n) is 6.87. The van der Waals surface area contributed by atoms with E-state index in [0.29, 0.717) is 30.3 Å². The standard InChI is InChI=1S/C19H20ClN3O2S2/c1-22-17(25)12-27-19(22)6-8-23(9-7-19)16(24)10-13-11-26-18(21-13)14-4-2-3-5-15(14)20/h2-5,11H,6-10,12H2,1H3. The number of hydrogen-bond acceptors (Lipinski definition) is 5. The van der Waals surface area contributed by atoms with Crippen LogP contribution in [-0.2, 0) is 16.0 Å². The molecule has 0 aliphatic carbocycles. The lowest BCUT2D eigenvalue weighted by Crippen LogP contribution is -2.51. The number of piperidine rings is 1. The molecule has 2 fully saturated rings. The van der Waals surface area contributed by atoms with E-state index >= 15 is 0 Å². The first kappa shape index (κ1) is 18.8. The second kappa shape index (κ2) is 7.45. The van der Waals surface area contributed by atoms with Crippen molar-refractivity contribution < 1.29 is 9.59 Å². The minimum absolute atomic E-state index is 0.0952. The largest absolute Gasteiger partial charge is 0.342 e. The highest BCUT2D eigenvalue weighted by molar-refractivity contribution is 8.01. The number of carbonyl (C=O) groups is 2. The monoisotopic (exact) mass is 421 g/mol. The highest BCUT2D eigenvalue weighted by atomic mass is 35.5. The fraction of sp³-hybridized carbons (Fsp3) is 0.421. The topological polar surface area (TPSA) is 53.5 Å². The third-order valence-corrected chi connectivity index (χ3v) is 8.20. The Labute approximate surface area is 171 Å². The maximum Gasteiger partial charge on any atom is 0.233 e. The van der Waals surface area contributed by atoms with Crippen LogP contribution in [0.15, 0.2) is 29.6 Å². The van der Waals surface area contributed by atoms with Crippen LogP contribution in [-0.4, -0.2) is 57.4 Å². The van der Waals surface area contributed by atoms with Crippen molar-refractivity contribution in [1.82, 2.24) is 14.8 Å². The predicted octanol–water partition coefficient (Wildman–Crippen LogP) is 3.53. The van der Waals surface area contributed by atoms with Crippen LogP contribution in [0, 0.1) is 0 Å². The van der Waals surface area contributed by atoms with Crippen LogP contribution in [0.1, 0.15) is 18.5 Å². The van der Waals surface area contributed by atoms with Crippen LogP contribution in [0.5, 0.6) is 0 Å². The van der Waals surface area contributed by atoms with Gasteiger partial charge in [-0.1, -0.05) is 29.8 Å². The number of halogens is 1. The van der Waals surface area contributed by atoms with E-state index in [-0.39, 0.29) is 16.7 Å². The van der Waals surface area contributed by atoms with E-state index in [1.165, 1.54) is 11.3 Å². The third kappa shape index (κ3) is 3.60. The maximum absolute atomic E-state index is 12.7. The molecule has 0 unspecified atom stereocenters. The summed E-state index contributed by atoms with van der Waals surface area (Å²) in [5.41, 5.74) is 1.68. The number of nitrogens with zero attached hydrogens (tertiary/aromatic N) is 3. The lowest BCUT2D eigenvalue weighted by atomic mass is 10.0. The van der Waals surface area contributed by atoms with Crippen LogP contribution in [0.4, 0.5) is 0 Å². The van der Waals surface area contributed by atoms with Gasteiger partial charge in [0.1, 0.15) is 5.01 Å². The minimum Gasteiger partial charge on any atom is -0.342 e. The molecule has 0 bridgehead atoms. The summed E-state index contributed by atoms with van der Waals surface area (Å²) in [4.78, 5) is 32.8. The van der Waals surface area contributed by atoms with Crippen molar-refractivity contribution in [2.45, 2.75) is 24.1 Å². The Bertz CT molecular complexity index is 877. The molecule has 142 valence electrons. The lowest BCUT2D eigenvalue weighted by Gasteiger charge is -2.42. The molecule has 3 heterocycles. The zero-order valence-electron chi connectivity index (χ0n) is 15.0. The molecule has 4 rings (SSSR count). The summed E-state index contributed by atoms with van der Waals surface area (Å²) in [5.74, 6) is 0.834. The second-order valence-corrected chi connectivity index (χ2v) is 9.47. The first-order chi connectivity index (χ1) is 13.0. The van der Waals surface area contributed by atoms with Crippen molar-refractivity contribution in [2.24, 2.45) is 0 Å². The van der Waals surface area contributed by atoms with Gasteiger partial charge in [-0.05, 0) is 18.9 Å². The van der Waals surface area contributed by atoms with Crippen molar-refractivity contribution in [3.05, 3.63) is 40.4 Å². The summed E-state index contributed by atoms with van der Waals surface area (Å²) in [7, 11) is 1.88. The van der Waals surface area contributed by atoms with Crippen LogP contribution in [0.3, 0.4) is 0 Å². The van der Waals surface area contributed by atoms with Crippen molar-refractivity contribution in [3.63, 3.8) is 0 Å². The number of benzene rings is 1. The highest BCUT2D eigenvalue weighted by Gasteiger charge is 2.46. The fourth-order valence-electron chi connectivity index (χ4n) is 3.62. The summed E-state index contributed by atoms with van der Waals surface area (Å²) in [6.45, 7) is 1.37. The number of likely N-dealkylation sites (tertiary alicyclic amines) is 1. The van der Waals surface area contributed by atoms with Crippen LogP contribution >= 0.6 is 34.7 Å². The van der Waals surface area contributed by atoms with Crippen molar-refractivity contribution >= 4 is 46.5 Å². The molecule has 1 spiro atoms. The van der Waals surface area contributed by atoms with E-state index in [0.717, 1.165) is 29.1 Å². The van der Waals surface area contributed by atoms with Gasteiger partial charge in [0.15, 0.2) is 0 Å². The summed E-state index contributed by atoms with van der Waals surface area (Å²) in [6, 6.07) is 7.60. The smallest absolute Gasteiger partial charge is 0.233 e. The lowest BCUT2D eigenvalue weighted by molar-refractivity contribution is -0.134. The Kier molecular flexibility index (Phi) is 5.18. The van der Waals surface area contributed by atoms with Crippen LogP contribution in [0.25, 0.3) is 10.6 Å². The first-order valence-electron chi connectivity index (χ1n) is 8.86. The van der Waals surface area contributed by atoms with E-state index in [4.69, 9.17) is 11.6 Å². The average Bonchev–Trinajstić information content (AvgIpc) is 3.24. The molecule has 2 amide bonds. The van der Waals surface area contributed by atoms with E-state index < -0.39 is 0 Å². The highest BCUT2D eigenvalue weighted by Crippen LogP contribution is 2.43. The Hall–Kier alpha value is -1.57. The summed E-state index contributed by atoms with van der Waals surface area (Å²) < 4.78 is 0. The fourth-order valence-corrected chi connectivity index (χ4v) is 6.11. The summed E-state index contributed by atoms with van der Waals surface area (Å²) in [5, 5.41) is 3.43. The molecular weight excluding hydrogens is 402 g/mol. The van der Waals surface area contributed by atoms with Gasteiger partial charge < -0.3 is 9.80 Å². The molecule has 27 heavy (non-hydrogen) atoms. The number of rotatable bonds is 3. The Morgan fingerprint density at radius 3 is 2.70 bits per heavy atom. The number of aromatic nitrogens is 1. The summed E-state index contributed by atoms with van der Waals surface area (Å²) >= 11 is 9.46. The molecule has 0 atom stereocenters. The molecule has 2 saturated heterocycles. The van der Waals surface area contributed by atoms with Gasteiger partial charge in [0, 0.05) is 31.1 Å². The molecule has 5 nitrogen and oxygen atoms in total. The SMILES string of the molecule is CN1C(=O)CSC12CCN(C(=O)Cc1csc(-c3ccccc3Cl)n1)CC2. The first-order valence-corrected chi connectivity index (χ1v) is 11.1. The van der Waals surface area contributed by atoms with E-state index in [9.17, 15) is 9.59 Å². The zero-order valence-corrected chi connectivity index (χ0v) is 17.4. The Morgan fingerprint density at radius 1 is 1.30 bits per heavy atom. The van der Waals surface area contributed by atoms with Crippen molar-refractivity contribution in [2.75, 3.05) is 25.9 Å². The molecule has 0 saturated carbocycles. The molecule has 8 heteroatoms. The number of thiazole rings is 1. The third-order valence-electron chi connectivity index (χ3n) is 5.34. The Balaban J connectivity index is 1.38. The predicted molar refractivity (Wildman–Crippen MR) is 110 cm³/mol. The van der Waals surface area contributed by atoms with E-state index in [2.05, 4.69) is 4.98 Å². The maximum atomic E-state index is 12.7. The molecule has 2 aliphatic rings. The minimum atomic E-state index is -0.119. The quantitative estimate of drug-likeness (QED) is 0.760. The van der Waals surface area contributed by atoms with Gasteiger partial charge in [0.25, 0.3) is 0 Å². The van der Waals surface area contributed by atoms with E-state index in [1.807, 2.05) is 46.5 Å². The van der Waals surface area contributed by atoms with Gasteiger partial charge >= 0.3 is 0 Å². The number of amides is 2. The molecule has 0 N–H and O–H groups in total. The van der Waals surface area contributed by atoms with Gasteiger partial charge in [-0.3, -0.25) is 9.59 Å². The van der Waals surface area contributed by atoms with E-state index in [1.54, 1.807) is 11.8 Å². The van der Waals surface area contributed by atoms with Gasteiger partial charge in [-0.15, -0.1) is 23.1 Å². The zero-order chi connectivity index (χ0) is 19.0. The van der Waals surface area contributed by atoms with Crippen molar-refractivity contribution in [1.29, 1.82) is 0 Å². The normalized spacial score (nSPS) is 19.1. The van der Waals surface area contributed by atoms with Crippen LogP contribution < -0.4 is 0 Å². The molecule has 0 radical (unpaired) electrons. The van der Waals surface area contributed by atoms with Crippen molar-refractivity contribution in [3.8, 4) is 10.6 Å².